The summed E-state index contributed by atoms with van der Waals surface area (Å²) in [7, 11) is 0. The van der Waals surface area contributed by atoms with E-state index in [1.807, 2.05) is 0 Å². The minimum Gasteiger partial charge on any atom is -0.403 e. The average Bonchev–Trinajstić information content (AvgIpc) is 3.39. The van der Waals surface area contributed by atoms with Crippen LogP contribution < -0.4 is 16.2 Å². The van der Waals surface area contributed by atoms with E-state index in [-0.39, 0.29) is 17.3 Å². The SMILES string of the molecule is Cc1ccc(-c2nn(Cc3nc(C(N)=O)n(-c4ccccc4OC(F)(F)F)n3)c(=O)n2CCC(F)(F)F)cc1. The summed E-state index contributed by atoms with van der Waals surface area (Å²) in [4.78, 5) is 29.0. The number of rotatable bonds is 8. The zero-order valence-corrected chi connectivity index (χ0v) is 20.0. The Labute approximate surface area is 215 Å². The van der Waals surface area contributed by atoms with Crippen molar-refractivity contribution in [1.82, 2.24) is 29.1 Å². The molecule has 0 atom stereocenters. The smallest absolute Gasteiger partial charge is 0.403 e. The summed E-state index contributed by atoms with van der Waals surface area (Å²) in [5, 5.41) is 8.15. The Balaban J connectivity index is 1.76. The third-order valence-electron chi connectivity index (χ3n) is 5.33. The minimum absolute atomic E-state index is 0.0530. The molecule has 0 unspecified atom stereocenters. The predicted molar refractivity (Wildman–Crippen MR) is 123 cm³/mol. The van der Waals surface area contributed by atoms with Crippen LogP contribution in [0.1, 0.15) is 28.4 Å². The number of halogens is 6. The molecule has 2 heterocycles. The van der Waals surface area contributed by atoms with Crippen molar-refractivity contribution in [3.8, 4) is 22.8 Å². The number of benzene rings is 2. The van der Waals surface area contributed by atoms with Crippen LogP contribution in [-0.4, -0.2) is 47.6 Å². The lowest BCUT2D eigenvalue weighted by Crippen LogP contribution is -2.27. The van der Waals surface area contributed by atoms with Crippen molar-refractivity contribution in [3.05, 3.63) is 76.2 Å². The fourth-order valence-electron chi connectivity index (χ4n) is 3.63. The molecule has 4 rings (SSSR count). The molecule has 10 nitrogen and oxygen atoms in total. The first-order chi connectivity index (χ1) is 18.2. The molecule has 1 amide bonds. The van der Waals surface area contributed by atoms with Gasteiger partial charge in [-0.15, -0.1) is 23.4 Å². The number of primary amides is 1. The van der Waals surface area contributed by atoms with E-state index >= 15 is 0 Å². The number of aromatic nitrogens is 6. The van der Waals surface area contributed by atoms with Crippen molar-refractivity contribution in [1.29, 1.82) is 0 Å². The number of nitrogens with zero attached hydrogens (tertiary/aromatic N) is 6. The molecule has 2 aromatic carbocycles. The third-order valence-corrected chi connectivity index (χ3v) is 5.33. The quantitative estimate of drug-likeness (QED) is 0.332. The van der Waals surface area contributed by atoms with Gasteiger partial charge in [0.15, 0.2) is 17.4 Å². The number of aryl methyl sites for hydroxylation is 1. The van der Waals surface area contributed by atoms with E-state index in [4.69, 9.17) is 5.73 Å². The molecule has 2 aromatic heterocycles. The van der Waals surface area contributed by atoms with Crippen molar-refractivity contribution in [2.45, 2.75) is 39.0 Å². The van der Waals surface area contributed by atoms with Crippen LogP contribution in [0.3, 0.4) is 0 Å². The zero-order valence-electron chi connectivity index (χ0n) is 20.0. The Morgan fingerprint density at radius 3 is 2.28 bits per heavy atom. The summed E-state index contributed by atoms with van der Waals surface area (Å²) >= 11 is 0. The largest absolute Gasteiger partial charge is 0.573 e. The highest BCUT2D eigenvalue weighted by Crippen LogP contribution is 2.29. The van der Waals surface area contributed by atoms with Gasteiger partial charge in [-0.1, -0.05) is 42.0 Å². The maximum absolute atomic E-state index is 13.1. The molecule has 0 aliphatic heterocycles. The molecule has 0 radical (unpaired) electrons. The summed E-state index contributed by atoms with van der Waals surface area (Å²) in [5.41, 5.74) is 5.33. The Kier molecular flexibility index (Phi) is 7.21. The number of alkyl halides is 6. The Hall–Kier alpha value is -4.63. The van der Waals surface area contributed by atoms with Gasteiger partial charge in [0.2, 0.25) is 5.82 Å². The van der Waals surface area contributed by atoms with Crippen LogP contribution in [0.5, 0.6) is 5.75 Å². The van der Waals surface area contributed by atoms with Crippen LogP contribution in [0.15, 0.2) is 53.3 Å². The zero-order chi connectivity index (χ0) is 28.5. The van der Waals surface area contributed by atoms with Gasteiger partial charge in [-0.25, -0.2) is 19.1 Å². The Bertz CT molecular complexity index is 1550. The van der Waals surface area contributed by atoms with E-state index in [9.17, 15) is 35.9 Å². The third kappa shape index (κ3) is 6.45. The first kappa shape index (κ1) is 27.4. The molecule has 39 heavy (non-hydrogen) atoms. The van der Waals surface area contributed by atoms with Crippen LogP contribution in [0, 0.1) is 6.92 Å². The second-order valence-electron chi connectivity index (χ2n) is 8.29. The maximum atomic E-state index is 13.1. The normalized spacial score (nSPS) is 12.1. The predicted octanol–water partition coefficient (Wildman–Crippen LogP) is 3.60. The summed E-state index contributed by atoms with van der Waals surface area (Å²) in [5.74, 6) is -2.77. The molecule has 0 aliphatic carbocycles. The highest BCUT2D eigenvalue weighted by Gasteiger charge is 2.33. The van der Waals surface area contributed by atoms with E-state index in [0.29, 0.717) is 10.2 Å². The van der Waals surface area contributed by atoms with Gasteiger partial charge in [-0.3, -0.25) is 9.36 Å². The van der Waals surface area contributed by atoms with Crippen molar-refractivity contribution in [2.75, 3.05) is 0 Å². The highest BCUT2D eigenvalue weighted by atomic mass is 19.4. The fraction of sp³-hybridized carbons (Fsp3) is 0.261. The van der Waals surface area contributed by atoms with Gasteiger partial charge in [0.05, 0.1) is 6.42 Å². The van der Waals surface area contributed by atoms with Crippen molar-refractivity contribution in [2.24, 2.45) is 5.73 Å². The molecule has 0 saturated carbocycles. The van der Waals surface area contributed by atoms with Gasteiger partial charge in [0, 0.05) is 12.1 Å². The summed E-state index contributed by atoms with van der Waals surface area (Å²) in [6, 6.07) is 11.3. The minimum atomic E-state index is -5.06. The molecule has 0 saturated heterocycles. The number of ether oxygens (including phenoxy) is 1. The van der Waals surface area contributed by atoms with E-state index in [1.165, 1.54) is 18.2 Å². The number of carbonyl (C=O) groups is 1. The average molecular weight is 555 g/mol. The summed E-state index contributed by atoms with van der Waals surface area (Å²) in [6.07, 6.45) is -10.9. The van der Waals surface area contributed by atoms with Gasteiger partial charge in [0.25, 0.3) is 5.91 Å². The molecule has 16 heteroatoms. The lowest BCUT2D eigenvalue weighted by atomic mass is 10.1. The lowest BCUT2D eigenvalue weighted by molar-refractivity contribution is -0.274. The second-order valence-corrected chi connectivity index (χ2v) is 8.29. The van der Waals surface area contributed by atoms with E-state index in [1.54, 1.807) is 31.2 Å². The van der Waals surface area contributed by atoms with E-state index in [2.05, 4.69) is 19.9 Å². The van der Waals surface area contributed by atoms with Gasteiger partial charge >= 0.3 is 18.2 Å². The van der Waals surface area contributed by atoms with Crippen LogP contribution in [0.4, 0.5) is 26.3 Å². The Morgan fingerprint density at radius 1 is 1.00 bits per heavy atom. The van der Waals surface area contributed by atoms with Crippen LogP contribution in [0.2, 0.25) is 0 Å². The van der Waals surface area contributed by atoms with Crippen molar-refractivity contribution >= 4 is 5.91 Å². The topological polar surface area (TPSA) is 123 Å². The van der Waals surface area contributed by atoms with Gasteiger partial charge in [-0.2, -0.15) is 13.2 Å². The van der Waals surface area contributed by atoms with Gasteiger partial charge < -0.3 is 10.5 Å². The fourth-order valence-corrected chi connectivity index (χ4v) is 3.63. The molecular weight excluding hydrogens is 536 g/mol. The standard InChI is InChI=1S/C23H19F6N7O3/c1-13-6-8-14(9-7-13)19-33-35(21(38)34(19)11-10-22(24,25)26)12-17-31-20(18(30)37)36(32-17)15-4-2-3-5-16(15)39-23(27,28)29/h2-9H,10-12H2,1H3,(H2,30,37). The van der Waals surface area contributed by atoms with Gasteiger partial charge in [-0.05, 0) is 19.1 Å². The number of hydrogen-bond donors (Lipinski definition) is 1. The number of amides is 1. The molecule has 0 fully saturated rings. The van der Waals surface area contributed by atoms with Gasteiger partial charge in [0.1, 0.15) is 12.2 Å². The molecular formula is C23H19F6N7O3. The van der Waals surface area contributed by atoms with E-state index in [0.717, 1.165) is 20.9 Å². The maximum Gasteiger partial charge on any atom is 0.573 e. The number of hydrogen-bond acceptors (Lipinski definition) is 6. The van der Waals surface area contributed by atoms with Crippen molar-refractivity contribution in [3.63, 3.8) is 0 Å². The molecule has 4 aromatic rings. The molecule has 0 bridgehead atoms. The van der Waals surface area contributed by atoms with Crippen LogP contribution in [0.25, 0.3) is 17.1 Å². The number of carbonyl (C=O) groups excluding carboxylic acids is 1. The molecule has 206 valence electrons. The summed E-state index contributed by atoms with van der Waals surface area (Å²) < 4.78 is 83.9. The van der Waals surface area contributed by atoms with Crippen molar-refractivity contribution < 1.29 is 35.9 Å². The second kappa shape index (κ2) is 10.3. The summed E-state index contributed by atoms with van der Waals surface area (Å²) in [6.45, 7) is 0.545. The Morgan fingerprint density at radius 2 is 1.67 bits per heavy atom. The van der Waals surface area contributed by atoms with E-state index < -0.39 is 55.2 Å². The molecule has 2 N–H and O–H groups in total. The van der Waals surface area contributed by atoms with Crippen LogP contribution in [-0.2, 0) is 13.1 Å². The van der Waals surface area contributed by atoms with Crippen LogP contribution >= 0.6 is 0 Å². The first-order valence-corrected chi connectivity index (χ1v) is 11.1. The number of para-hydroxylation sites is 2. The molecule has 0 aliphatic rings. The lowest BCUT2D eigenvalue weighted by Gasteiger charge is -2.13. The highest BCUT2D eigenvalue weighted by molar-refractivity contribution is 5.89. The monoisotopic (exact) mass is 555 g/mol. The first-order valence-electron chi connectivity index (χ1n) is 11.1. The number of nitrogens with two attached hydrogens (primary N) is 1. The molecule has 0 spiro atoms.